The number of nitrogens with one attached hydrogen (secondary N) is 1. The van der Waals surface area contributed by atoms with Crippen molar-refractivity contribution in [3.63, 3.8) is 0 Å². The van der Waals surface area contributed by atoms with Crippen molar-refractivity contribution in [3.05, 3.63) is 46.0 Å². The minimum absolute atomic E-state index is 0.109. The molecule has 2 aromatic rings. The first-order chi connectivity index (χ1) is 13.3. The number of carbonyl (C=O) groups is 1. The highest BCUT2D eigenvalue weighted by Crippen LogP contribution is 2.24. The molecular weight excluding hydrogens is 358 g/mol. The summed E-state index contributed by atoms with van der Waals surface area (Å²) < 4.78 is 5.16. The second-order valence-corrected chi connectivity index (χ2v) is 9.03. The van der Waals surface area contributed by atoms with Crippen LogP contribution in [0.1, 0.15) is 46.0 Å². The molecule has 1 N–H and O–H groups in total. The fourth-order valence-electron chi connectivity index (χ4n) is 4.17. The van der Waals surface area contributed by atoms with Crippen molar-refractivity contribution in [2.24, 2.45) is 5.92 Å². The Balaban J connectivity index is 1.23. The van der Waals surface area contributed by atoms with Gasteiger partial charge in [-0.15, -0.1) is 11.3 Å². The van der Waals surface area contributed by atoms with Gasteiger partial charge >= 0.3 is 0 Å². The lowest BCUT2D eigenvalue weighted by Crippen LogP contribution is -2.40. The first-order valence-electron chi connectivity index (χ1n) is 10.1. The molecule has 146 valence electrons. The molecule has 1 atom stereocenters. The quantitative estimate of drug-likeness (QED) is 0.789. The molecule has 2 aliphatic rings. The van der Waals surface area contributed by atoms with Gasteiger partial charge in [0.05, 0.1) is 6.26 Å². The molecule has 0 aliphatic carbocycles. The predicted octanol–water partition coefficient (Wildman–Crippen LogP) is 3.58. The summed E-state index contributed by atoms with van der Waals surface area (Å²) in [6, 6.07) is 8.07. The van der Waals surface area contributed by atoms with E-state index in [4.69, 9.17) is 4.42 Å². The van der Waals surface area contributed by atoms with Crippen LogP contribution in [0, 0.1) is 5.92 Å². The van der Waals surface area contributed by atoms with Gasteiger partial charge in [0, 0.05) is 35.9 Å². The molecule has 1 amide bonds. The fraction of sp³-hybridized carbons (Fsp3) is 0.571. The highest BCUT2D eigenvalue weighted by Gasteiger charge is 2.22. The van der Waals surface area contributed by atoms with Gasteiger partial charge in [-0.1, -0.05) is 0 Å². The number of likely N-dealkylation sites (tertiary alicyclic amines) is 2. The maximum atomic E-state index is 12.0. The van der Waals surface area contributed by atoms with Gasteiger partial charge in [-0.2, -0.15) is 0 Å². The summed E-state index contributed by atoms with van der Waals surface area (Å²) in [6.45, 7) is 7.59. The second-order valence-electron chi connectivity index (χ2n) is 7.78. The number of furan rings is 1. The number of thiophene rings is 1. The molecule has 0 spiro atoms. The number of carbonyl (C=O) groups excluding carboxylic acids is 1. The summed E-state index contributed by atoms with van der Waals surface area (Å²) in [5.74, 6) is 0.801. The van der Waals surface area contributed by atoms with Crippen LogP contribution >= 0.6 is 11.3 Å². The molecule has 4 heterocycles. The van der Waals surface area contributed by atoms with E-state index in [1.54, 1.807) is 12.1 Å². The third-order valence-electron chi connectivity index (χ3n) is 5.57. The average molecular weight is 388 g/mol. The Labute approximate surface area is 165 Å². The van der Waals surface area contributed by atoms with Crippen LogP contribution in [-0.2, 0) is 13.1 Å². The third-order valence-corrected chi connectivity index (χ3v) is 6.63. The van der Waals surface area contributed by atoms with E-state index in [9.17, 15) is 4.79 Å². The maximum Gasteiger partial charge on any atom is 0.286 e. The predicted molar refractivity (Wildman–Crippen MR) is 108 cm³/mol. The molecule has 27 heavy (non-hydrogen) atoms. The lowest BCUT2D eigenvalue weighted by atomic mass is 9.98. The summed E-state index contributed by atoms with van der Waals surface area (Å²) in [5, 5.41) is 3.02. The molecule has 0 radical (unpaired) electrons. The zero-order valence-electron chi connectivity index (χ0n) is 15.9. The van der Waals surface area contributed by atoms with E-state index in [0.29, 0.717) is 11.7 Å². The lowest BCUT2D eigenvalue weighted by Gasteiger charge is -2.32. The van der Waals surface area contributed by atoms with Crippen molar-refractivity contribution in [2.75, 3.05) is 32.7 Å². The standard InChI is InChI=1S/C21H29N3O2S/c25-21(20-6-4-12-26-20)22-13-17-5-3-11-24(14-17)16-19-8-7-18(27-19)15-23-9-1-2-10-23/h4,6-8,12,17H,1-3,5,9-11,13-16H2,(H,22,25)/t17-/m1/s1. The number of nitrogens with zero attached hydrogens (tertiary/aromatic N) is 2. The molecule has 6 heteroatoms. The van der Waals surface area contributed by atoms with Crippen LogP contribution in [0.15, 0.2) is 34.9 Å². The Morgan fingerprint density at radius 3 is 2.56 bits per heavy atom. The molecule has 2 saturated heterocycles. The van der Waals surface area contributed by atoms with Crippen molar-refractivity contribution in [1.29, 1.82) is 0 Å². The van der Waals surface area contributed by atoms with Crippen LogP contribution in [0.3, 0.4) is 0 Å². The van der Waals surface area contributed by atoms with E-state index >= 15 is 0 Å². The molecule has 4 rings (SSSR count). The van der Waals surface area contributed by atoms with Gasteiger partial charge in [-0.05, 0) is 75.5 Å². The Bertz CT molecular complexity index is 722. The summed E-state index contributed by atoms with van der Waals surface area (Å²) in [7, 11) is 0. The molecule has 5 nitrogen and oxygen atoms in total. The van der Waals surface area contributed by atoms with Crippen LogP contribution in [0.5, 0.6) is 0 Å². The van der Waals surface area contributed by atoms with Crippen LogP contribution in [0.2, 0.25) is 0 Å². The SMILES string of the molecule is O=C(NC[C@H]1CCCN(Cc2ccc(CN3CCCC3)s2)C1)c1ccco1. The van der Waals surface area contributed by atoms with E-state index in [1.165, 1.54) is 54.8 Å². The van der Waals surface area contributed by atoms with Gasteiger partial charge in [0.15, 0.2) is 5.76 Å². The van der Waals surface area contributed by atoms with Crippen molar-refractivity contribution in [2.45, 2.75) is 38.8 Å². The van der Waals surface area contributed by atoms with E-state index in [-0.39, 0.29) is 5.91 Å². The topological polar surface area (TPSA) is 48.7 Å². The highest BCUT2D eigenvalue weighted by atomic mass is 32.1. The Morgan fingerprint density at radius 1 is 1.07 bits per heavy atom. The molecule has 2 aromatic heterocycles. The first-order valence-corrected chi connectivity index (χ1v) is 10.9. The summed E-state index contributed by atoms with van der Waals surface area (Å²) in [5.41, 5.74) is 0. The van der Waals surface area contributed by atoms with E-state index in [1.807, 2.05) is 11.3 Å². The van der Waals surface area contributed by atoms with Gasteiger partial charge in [0.1, 0.15) is 0 Å². The number of hydrogen-bond donors (Lipinski definition) is 1. The lowest BCUT2D eigenvalue weighted by molar-refractivity contribution is 0.0903. The van der Waals surface area contributed by atoms with Gasteiger partial charge in [0.2, 0.25) is 0 Å². The normalized spacial score (nSPS) is 21.6. The van der Waals surface area contributed by atoms with Crippen molar-refractivity contribution >= 4 is 17.2 Å². The van der Waals surface area contributed by atoms with Gasteiger partial charge < -0.3 is 9.73 Å². The van der Waals surface area contributed by atoms with Crippen LogP contribution < -0.4 is 5.32 Å². The summed E-state index contributed by atoms with van der Waals surface area (Å²) in [6.07, 6.45) is 6.62. The Kier molecular flexibility index (Phi) is 6.27. The van der Waals surface area contributed by atoms with Crippen LogP contribution in [-0.4, -0.2) is 48.4 Å². The average Bonchev–Trinajstić information content (AvgIpc) is 3.44. The van der Waals surface area contributed by atoms with Gasteiger partial charge in [-0.3, -0.25) is 14.6 Å². The molecule has 0 aromatic carbocycles. The third kappa shape index (κ3) is 5.21. The van der Waals surface area contributed by atoms with E-state index in [0.717, 1.165) is 32.7 Å². The number of piperidine rings is 1. The minimum Gasteiger partial charge on any atom is -0.459 e. The molecule has 0 bridgehead atoms. The minimum atomic E-state index is -0.109. The second kappa shape index (κ2) is 9.04. The Hall–Kier alpha value is -1.63. The van der Waals surface area contributed by atoms with E-state index in [2.05, 4.69) is 27.2 Å². The summed E-state index contributed by atoms with van der Waals surface area (Å²) in [4.78, 5) is 20.1. The molecule has 2 aliphatic heterocycles. The monoisotopic (exact) mass is 387 g/mol. The number of amides is 1. The van der Waals surface area contributed by atoms with Crippen LogP contribution in [0.25, 0.3) is 0 Å². The summed E-state index contributed by atoms with van der Waals surface area (Å²) >= 11 is 1.97. The number of rotatable bonds is 7. The van der Waals surface area contributed by atoms with Crippen molar-refractivity contribution in [3.8, 4) is 0 Å². The molecule has 0 unspecified atom stereocenters. The zero-order chi connectivity index (χ0) is 18.5. The smallest absolute Gasteiger partial charge is 0.286 e. The van der Waals surface area contributed by atoms with Crippen LogP contribution in [0.4, 0.5) is 0 Å². The fourth-order valence-corrected chi connectivity index (χ4v) is 5.27. The largest absolute Gasteiger partial charge is 0.459 e. The molecule has 2 fully saturated rings. The van der Waals surface area contributed by atoms with Crippen molar-refractivity contribution < 1.29 is 9.21 Å². The van der Waals surface area contributed by atoms with Gasteiger partial charge in [-0.25, -0.2) is 0 Å². The van der Waals surface area contributed by atoms with Crippen molar-refractivity contribution in [1.82, 2.24) is 15.1 Å². The number of hydrogen-bond acceptors (Lipinski definition) is 5. The molecule has 0 saturated carbocycles. The molecular formula is C21H29N3O2S. The van der Waals surface area contributed by atoms with E-state index < -0.39 is 0 Å². The maximum absolute atomic E-state index is 12.0. The van der Waals surface area contributed by atoms with Gasteiger partial charge in [0.25, 0.3) is 5.91 Å². The Morgan fingerprint density at radius 2 is 1.81 bits per heavy atom. The first kappa shape index (κ1) is 18.7. The zero-order valence-corrected chi connectivity index (χ0v) is 16.7. The highest BCUT2D eigenvalue weighted by molar-refractivity contribution is 7.11.